The summed E-state index contributed by atoms with van der Waals surface area (Å²) < 4.78 is 31.2. The molecular formula is C23H22ClF2N5O2S. The zero-order valence-electron chi connectivity index (χ0n) is 18.0. The van der Waals surface area contributed by atoms with Crippen LogP contribution in [0.4, 0.5) is 14.5 Å². The zero-order valence-corrected chi connectivity index (χ0v) is 19.6. The first-order valence-corrected chi connectivity index (χ1v) is 12.0. The van der Waals surface area contributed by atoms with Crippen LogP contribution in [0.25, 0.3) is 10.4 Å². The number of carbonyl (C=O) groups excluding carboxylic acids is 2. The molecule has 0 aliphatic heterocycles. The monoisotopic (exact) mass is 505 g/mol. The molecular weight excluding hydrogens is 484 g/mol. The van der Waals surface area contributed by atoms with Crippen molar-refractivity contribution in [1.82, 2.24) is 19.7 Å². The fraction of sp³-hybridized carbons (Fsp3) is 0.348. The van der Waals surface area contributed by atoms with E-state index < -0.39 is 29.8 Å². The van der Waals surface area contributed by atoms with Gasteiger partial charge in [0.2, 0.25) is 17.7 Å². The van der Waals surface area contributed by atoms with Crippen molar-refractivity contribution in [3.63, 3.8) is 0 Å². The molecule has 0 saturated heterocycles. The lowest BCUT2D eigenvalue weighted by Gasteiger charge is -2.34. The summed E-state index contributed by atoms with van der Waals surface area (Å²) in [7, 11) is 0. The van der Waals surface area contributed by atoms with E-state index in [1.807, 2.05) is 18.2 Å². The van der Waals surface area contributed by atoms with E-state index in [2.05, 4.69) is 19.7 Å². The Morgan fingerprint density at radius 3 is 2.41 bits per heavy atom. The Labute approximate surface area is 204 Å². The summed E-state index contributed by atoms with van der Waals surface area (Å²) in [4.78, 5) is 36.7. The highest BCUT2D eigenvalue weighted by Crippen LogP contribution is 2.34. The summed E-state index contributed by atoms with van der Waals surface area (Å²) >= 11 is 7.27. The molecule has 11 heteroatoms. The molecule has 1 aromatic carbocycles. The minimum atomic E-state index is -2.71. The van der Waals surface area contributed by atoms with E-state index >= 15 is 0 Å². The maximum Gasteiger partial charge on any atom is 0.248 e. The number of hydrogen-bond acceptors (Lipinski definition) is 6. The lowest BCUT2D eigenvalue weighted by molar-refractivity contribution is -0.127. The van der Waals surface area contributed by atoms with Crippen LogP contribution in [0.3, 0.4) is 0 Å². The van der Waals surface area contributed by atoms with Gasteiger partial charge >= 0.3 is 0 Å². The number of hydrogen-bond donors (Lipinski definition) is 1. The molecule has 1 atom stereocenters. The molecule has 1 aliphatic rings. The topological polar surface area (TPSA) is 88.1 Å². The molecule has 2 heterocycles. The fourth-order valence-corrected chi connectivity index (χ4v) is 4.71. The Balaban J connectivity index is 1.65. The van der Waals surface area contributed by atoms with Crippen molar-refractivity contribution in [2.45, 2.75) is 43.7 Å². The normalized spacial score (nSPS) is 16.6. The van der Waals surface area contributed by atoms with Gasteiger partial charge in [-0.05, 0) is 48.1 Å². The van der Waals surface area contributed by atoms with Gasteiger partial charge in [0.1, 0.15) is 18.2 Å². The quantitative estimate of drug-likeness (QED) is 0.474. The summed E-state index contributed by atoms with van der Waals surface area (Å²) in [6.07, 6.45) is 5.65. The van der Waals surface area contributed by atoms with Crippen LogP contribution >= 0.6 is 23.1 Å². The van der Waals surface area contributed by atoms with Crippen LogP contribution < -0.4 is 10.2 Å². The van der Waals surface area contributed by atoms with Gasteiger partial charge in [-0.1, -0.05) is 12.1 Å². The molecule has 2 aromatic heterocycles. The van der Waals surface area contributed by atoms with Crippen molar-refractivity contribution in [3.05, 3.63) is 60.8 Å². The van der Waals surface area contributed by atoms with Crippen LogP contribution in [0.5, 0.6) is 0 Å². The number of carbonyl (C=O) groups is 2. The Morgan fingerprint density at radius 2 is 1.82 bits per heavy atom. The van der Waals surface area contributed by atoms with Crippen molar-refractivity contribution >= 4 is 40.6 Å². The molecule has 0 bridgehead atoms. The predicted molar refractivity (Wildman–Crippen MR) is 126 cm³/mol. The zero-order chi connectivity index (χ0) is 24.1. The van der Waals surface area contributed by atoms with Gasteiger partial charge < -0.3 is 5.32 Å². The van der Waals surface area contributed by atoms with E-state index in [1.165, 1.54) is 35.2 Å². The number of amides is 2. The number of rotatable bonds is 7. The Bertz CT molecular complexity index is 1110. The maximum atomic E-state index is 13.6. The average Bonchev–Trinajstić information content (AvgIpc) is 3.39. The lowest BCUT2D eigenvalue weighted by Crippen LogP contribution is -2.48. The molecule has 3 aromatic rings. The highest BCUT2D eigenvalue weighted by Gasteiger charge is 2.38. The van der Waals surface area contributed by atoms with E-state index in [9.17, 15) is 18.4 Å². The molecule has 1 aliphatic carbocycles. The van der Waals surface area contributed by atoms with Gasteiger partial charge in [-0.15, -0.1) is 11.6 Å². The smallest absolute Gasteiger partial charge is 0.248 e. The van der Waals surface area contributed by atoms with E-state index in [0.717, 1.165) is 10.4 Å². The van der Waals surface area contributed by atoms with E-state index in [-0.39, 0.29) is 31.6 Å². The third-order valence-corrected chi connectivity index (χ3v) is 6.74. The number of nitrogens with zero attached hydrogens (tertiary/aromatic N) is 4. The first-order valence-electron chi connectivity index (χ1n) is 10.7. The average molecular weight is 506 g/mol. The Morgan fingerprint density at radius 1 is 1.15 bits per heavy atom. The molecule has 1 saturated carbocycles. The Hall–Kier alpha value is -2.98. The standard InChI is InChI=1S/C23H22ClF2N5O2S/c24-11-20(32)31(18-3-1-15(2-4-18)19-7-10-29-34-19)21(16-12-27-14-28-13-16)22(33)30-17-5-8-23(25,26)9-6-17/h1-4,7,10,12-14,17,21H,5-6,8-9,11H2,(H,30,33)/t21-/m1/s1. The van der Waals surface area contributed by atoms with Gasteiger partial charge in [-0.25, -0.2) is 23.1 Å². The molecule has 0 radical (unpaired) electrons. The molecule has 2 amide bonds. The van der Waals surface area contributed by atoms with Crippen LogP contribution in [0, 0.1) is 0 Å². The van der Waals surface area contributed by atoms with Crippen LogP contribution in [-0.2, 0) is 9.59 Å². The van der Waals surface area contributed by atoms with E-state index in [4.69, 9.17) is 11.6 Å². The molecule has 34 heavy (non-hydrogen) atoms. The highest BCUT2D eigenvalue weighted by molar-refractivity contribution is 7.09. The molecule has 7 nitrogen and oxygen atoms in total. The third-order valence-electron chi connectivity index (χ3n) is 5.72. The summed E-state index contributed by atoms with van der Waals surface area (Å²) in [6.45, 7) is 0. The summed E-state index contributed by atoms with van der Waals surface area (Å²) in [5.41, 5.74) is 1.75. The number of halogens is 3. The van der Waals surface area contributed by atoms with E-state index in [1.54, 1.807) is 18.3 Å². The van der Waals surface area contributed by atoms with Crippen LogP contribution in [0.2, 0.25) is 0 Å². The Kier molecular flexibility index (Phi) is 7.47. The van der Waals surface area contributed by atoms with Gasteiger partial charge in [0.25, 0.3) is 0 Å². The summed E-state index contributed by atoms with van der Waals surface area (Å²) in [6, 6.07) is 7.46. The second-order valence-corrected chi connectivity index (χ2v) is 9.13. The van der Waals surface area contributed by atoms with Gasteiger partial charge in [-0.3, -0.25) is 14.5 Å². The van der Waals surface area contributed by atoms with Crippen molar-refractivity contribution in [1.29, 1.82) is 0 Å². The molecule has 1 N–H and O–H groups in total. The fourth-order valence-electron chi connectivity index (χ4n) is 3.99. The number of alkyl halides is 3. The molecule has 4 rings (SSSR count). The van der Waals surface area contributed by atoms with Gasteiger partial charge in [0, 0.05) is 48.7 Å². The lowest BCUT2D eigenvalue weighted by atomic mass is 9.92. The van der Waals surface area contributed by atoms with Crippen molar-refractivity contribution < 1.29 is 18.4 Å². The van der Waals surface area contributed by atoms with Crippen molar-refractivity contribution in [3.8, 4) is 10.4 Å². The van der Waals surface area contributed by atoms with Crippen LogP contribution in [0.1, 0.15) is 37.3 Å². The van der Waals surface area contributed by atoms with Gasteiger partial charge in [0.05, 0.1) is 4.88 Å². The number of benzene rings is 1. The molecule has 0 unspecified atom stereocenters. The first kappa shape index (κ1) is 24.2. The summed E-state index contributed by atoms with van der Waals surface area (Å²) in [5, 5.41) is 2.85. The second-order valence-electron chi connectivity index (χ2n) is 8.03. The minimum Gasteiger partial charge on any atom is -0.351 e. The van der Waals surface area contributed by atoms with Crippen LogP contribution in [-0.4, -0.2) is 44.0 Å². The molecule has 178 valence electrons. The maximum absolute atomic E-state index is 13.6. The molecule has 1 fully saturated rings. The van der Waals surface area contributed by atoms with Crippen molar-refractivity contribution in [2.75, 3.05) is 10.8 Å². The number of nitrogens with one attached hydrogen (secondary N) is 1. The van der Waals surface area contributed by atoms with Gasteiger partial charge in [0.15, 0.2) is 0 Å². The minimum absolute atomic E-state index is 0.156. The first-order chi connectivity index (χ1) is 16.4. The van der Waals surface area contributed by atoms with Crippen molar-refractivity contribution in [2.24, 2.45) is 0 Å². The number of anilines is 1. The second kappa shape index (κ2) is 10.5. The SMILES string of the molecule is O=C(NC1CCC(F)(F)CC1)[C@@H](c1cncnc1)N(C(=O)CCl)c1ccc(-c2ccns2)cc1. The number of aromatic nitrogens is 3. The molecule has 0 spiro atoms. The predicted octanol–water partition coefficient (Wildman–Crippen LogP) is 4.61. The summed E-state index contributed by atoms with van der Waals surface area (Å²) in [5.74, 6) is -4.07. The largest absolute Gasteiger partial charge is 0.351 e. The van der Waals surface area contributed by atoms with Crippen LogP contribution in [0.15, 0.2) is 55.2 Å². The highest BCUT2D eigenvalue weighted by atomic mass is 35.5. The third kappa shape index (κ3) is 5.56. The van der Waals surface area contributed by atoms with E-state index in [0.29, 0.717) is 11.3 Å². The van der Waals surface area contributed by atoms with Gasteiger partial charge in [-0.2, -0.15) is 0 Å².